The second-order valence-electron chi connectivity index (χ2n) is 13.6. The molecule has 282 valence electrons. The average molecular weight is 742 g/mol. The molecule has 13 nitrogen and oxygen atoms in total. The molecule has 0 saturated carbocycles. The number of benzene rings is 3. The number of para-hydroxylation sites is 1. The van der Waals surface area contributed by atoms with Crippen molar-refractivity contribution in [3.05, 3.63) is 109 Å². The van der Waals surface area contributed by atoms with E-state index in [0.717, 1.165) is 36.1 Å². The minimum atomic E-state index is -0.332. The van der Waals surface area contributed by atoms with Gasteiger partial charge in [0, 0.05) is 69.3 Å². The number of carbonyl (C=O) groups is 4. The number of aromatic nitrogens is 2. The standard InChI is InChI=1S/C42H43N7O6/c1-46-27-31(44-39(50)13-9-21-55-38-24-35-34(23-37(38)54-3)41(52)49-19-8-7-12-33(49)25-43-35)22-36(46)40(51)45-30-16-14-28(15-17-30)29-18-20-48(26-29)42(53)47(2)32-10-5-4-6-11-32/h4-6,10-11,14-18,20,22-27,33H,7-9,12-13,19,21H2,1-3H3,(H,44,50)(H,45,51)/t33-/m0/s1. The quantitative estimate of drug-likeness (QED) is 0.136. The van der Waals surface area contributed by atoms with E-state index in [1.807, 2.05) is 59.6 Å². The zero-order chi connectivity index (χ0) is 38.5. The van der Waals surface area contributed by atoms with Crippen molar-refractivity contribution in [2.45, 2.75) is 38.1 Å². The molecule has 2 aromatic heterocycles. The van der Waals surface area contributed by atoms with Crippen LogP contribution in [-0.2, 0) is 11.8 Å². The van der Waals surface area contributed by atoms with E-state index in [2.05, 4.69) is 15.6 Å². The first-order valence-corrected chi connectivity index (χ1v) is 18.3. The van der Waals surface area contributed by atoms with Gasteiger partial charge in [0.15, 0.2) is 11.5 Å². The Kier molecular flexibility index (Phi) is 10.8. The Morgan fingerprint density at radius 1 is 0.909 bits per heavy atom. The zero-order valence-corrected chi connectivity index (χ0v) is 31.0. The predicted octanol–water partition coefficient (Wildman–Crippen LogP) is 7.37. The molecular formula is C42H43N7O6. The lowest BCUT2D eigenvalue weighted by atomic mass is 10.0. The SMILES string of the molecule is COc1cc2c(cc1OCCCC(=O)Nc1cc(C(=O)Nc3ccc(-c4ccn(C(=O)N(C)c5ccccc5)c4)cc3)n(C)c1)N=C[C@@H]1CCCCN1C2=O. The third-order valence-electron chi connectivity index (χ3n) is 9.86. The van der Waals surface area contributed by atoms with Crippen molar-refractivity contribution in [3.63, 3.8) is 0 Å². The van der Waals surface area contributed by atoms with Crippen LogP contribution >= 0.6 is 0 Å². The number of nitrogens with zero attached hydrogens (tertiary/aromatic N) is 5. The summed E-state index contributed by atoms with van der Waals surface area (Å²) in [6.45, 7) is 0.952. The molecule has 0 spiro atoms. The van der Waals surface area contributed by atoms with E-state index < -0.39 is 0 Å². The molecule has 2 N–H and O–H groups in total. The number of methoxy groups -OCH3 is 1. The monoisotopic (exact) mass is 741 g/mol. The highest BCUT2D eigenvalue weighted by atomic mass is 16.5. The predicted molar refractivity (Wildman–Crippen MR) is 212 cm³/mol. The molecule has 1 atom stereocenters. The van der Waals surface area contributed by atoms with Gasteiger partial charge in [-0.05, 0) is 79.3 Å². The van der Waals surface area contributed by atoms with Crippen LogP contribution in [0.2, 0.25) is 0 Å². The molecule has 13 heteroatoms. The van der Waals surface area contributed by atoms with E-state index in [1.165, 1.54) is 11.7 Å². The van der Waals surface area contributed by atoms with Gasteiger partial charge in [0.25, 0.3) is 11.8 Å². The van der Waals surface area contributed by atoms with E-state index >= 15 is 0 Å². The van der Waals surface area contributed by atoms with Crippen LogP contribution in [0.15, 0.2) is 102 Å². The molecule has 0 aliphatic carbocycles. The van der Waals surface area contributed by atoms with E-state index in [0.29, 0.717) is 52.8 Å². The molecular weight excluding hydrogens is 699 g/mol. The molecule has 7 rings (SSSR count). The number of rotatable bonds is 11. The van der Waals surface area contributed by atoms with Crippen LogP contribution in [0.25, 0.3) is 11.1 Å². The molecule has 3 aromatic carbocycles. The summed E-state index contributed by atoms with van der Waals surface area (Å²) >= 11 is 0. The minimum Gasteiger partial charge on any atom is -0.493 e. The highest BCUT2D eigenvalue weighted by Crippen LogP contribution is 2.38. The van der Waals surface area contributed by atoms with E-state index in [4.69, 9.17) is 9.47 Å². The highest BCUT2D eigenvalue weighted by molar-refractivity contribution is 6.05. The zero-order valence-electron chi connectivity index (χ0n) is 31.0. The third-order valence-corrected chi connectivity index (χ3v) is 9.86. The molecule has 4 heterocycles. The largest absolute Gasteiger partial charge is 0.493 e. The fraction of sp³-hybridized carbons (Fsp3) is 0.262. The topological polar surface area (TPSA) is 139 Å². The molecule has 0 bridgehead atoms. The Balaban J connectivity index is 0.896. The van der Waals surface area contributed by atoms with E-state index in [-0.39, 0.29) is 42.8 Å². The lowest BCUT2D eigenvalue weighted by Gasteiger charge is -2.32. The van der Waals surface area contributed by atoms with Crippen molar-refractivity contribution in [2.24, 2.45) is 12.0 Å². The van der Waals surface area contributed by atoms with Crippen molar-refractivity contribution in [1.82, 2.24) is 14.0 Å². The van der Waals surface area contributed by atoms with Gasteiger partial charge >= 0.3 is 6.03 Å². The first kappa shape index (κ1) is 36.7. The smallest absolute Gasteiger partial charge is 0.332 e. The van der Waals surface area contributed by atoms with Crippen LogP contribution in [0.4, 0.5) is 27.5 Å². The van der Waals surface area contributed by atoms with Gasteiger partial charge in [0.2, 0.25) is 5.91 Å². The molecule has 55 heavy (non-hydrogen) atoms. The number of fused-ring (bicyclic) bond motifs is 2. The number of aliphatic imine (C=N–C) groups is 1. The summed E-state index contributed by atoms with van der Waals surface area (Å²) in [5.74, 6) is 0.281. The highest BCUT2D eigenvalue weighted by Gasteiger charge is 2.31. The van der Waals surface area contributed by atoms with Crippen LogP contribution in [0, 0.1) is 0 Å². The summed E-state index contributed by atoms with van der Waals surface area (Å²) in [5.41, 5.74) is 5.04. The summed E-state index contributed by atoms with van der Waals surface area (Å²) in [5, 5.41) is 5.77. The van der Waals surface area contributed by atoms with Crippen molar-refractivity contribution >= 4 is 52.7 Å². The summed E-state index contributed by atoms with van der Waals surface area (Å²) in [7, 11) is 4.99. The number of piperidine rings is 1. The Labute approximate surface area is 319 Å². The Morgan fingerprint density at radius 2 is 1.71 bits per heavy atom. The van der Waals surface area contributed by atoms with Crippen molar-refractivity contribution in [2.75, 3.05) is 42.8 Å². The molecule has 2 aliphatic rings. The summed E-state index contributed by atoms with van der Waals surface area (Å²) < 4.78 is 14.7. The number of anilines is 3. The van der Waals surface area contributed by atoms with Gasteiger partial charge in [-0.2, -0.15) is 0 Å². The number of hydrogen-bond acceptors (Lipinski definition) is 7. The van der Waals surface area contributed by atoms with Gasteiger partial charge in [-0.25, -0.2) is 4.79 Å². The maximum atomic E-state index is 13.3. The lowest BCUT2D eigenvalue weighted by molar-refractivity contribution is -0.116. The number of hydrogen-bond donors (Lipinski definition) is 2. The van der Waals surface area contributed by atoms with Gasteiger partial charge < -0.3 is 29.6 Å². The van der Waals surface area contributed by atoms with Crippen LogP contribution in [-0.4, -0.2) is 77.4 Å². The fourth-order valence-electron chi connectivity index (χ4n) is 6.84. The molecule has 1 fully saturated rings. The molecule has 0 radical (unpaired) electrons. The maximum absolute atomic E-state index is 13.3. The number of ether oxygens (including phenoxy) is 2. The minimum absolute atomic E-state index is 0.00482. The summed E-state index contributed by atoms with van der Waals surface area (Å²) in [6, 6.07) is 23.5. The summed E-state index contributed by atoms with van der Waals surface area (Å²) in [6.07, 6.45) is 10.6. The number of nitrogens with one attached hydrogen (secondary N) is 2. The maximum Gasteiger partial charge on any atom is 0.332 e. The van der Waals surface area contributed by atoms with Gasteiger partial charge in [0.05, 0.1) is 36.7 Å². The second kappa shape index (κ2) is 16.2. The van der Waals surface area contributed by atoms with E-state index in [9.17, 15) is 19.2 Å². The van der Waals surface area contributed by atoms with Gasteiger partial charge in [-0.1, -0.05) is 30.3 Å². The molecule has 5 aromatic rings. The van der Waals surface area contributed by atoms with Crippen LogP contribution in [0.3, 0.4) is 0 Å². The Bertz CT molecular complexity index is 2240. The number of carbonyl (C=O) groups excluding carboxylic acids is 4. The molecule has 4 amide bonds. The second-order valence-corrected chi connectivity index (χ2v) is 13.6. The summed E-state index contributed by atoms with van der Waals surface area (Å²) in [4.78, 5) is 60.3. The van der Waals surface area contributed by atoms with Crippen molar-refractivity contribution < 1.29 is 28.7 Å². The Morgan fingerprint density at radius 3 is 2.49 bits per heavy atom. The van der Waals surface area contributed by atoms with Crippen LogP contribution in [0.1, 0.15) is 53.0 Å². The number of aryl methyl sites for hydroxylation is 1. The Hall–Kier alpha value is -6.63. The molecule has 1 saturated heterocycles. The number of amides is 4. The molecule has 2 aliphatic heterocycles. The van der Waals surface area contributed by atoms with Gasteiger partial charge in [-0.3, -0.25) is 28.8 Å². The fourth-order valence-corrected chi connectivity index (χ4v) is 6.84. The normalized spacial score (nSPS) is 14.7. The first-order chi connectivity index (χ1) is 26.7. The third kappa shape index (κ3) is 8.15. The van der Waals surface area contributed by atoms with Crippen molar-refractivity contribution in [3.8, 4) is 22.6 Å². The van der Waals surface area contributed by atoms with E-state index in [1.54, 1.807) is 72.5 Å². The molecule has 0 unspecified atom stereocenters. The average Bonchev–Trinajstić information content (AvgIpc) is 3.82. The van der Waals surface area contributed by atoms with Gasteiger partial charge in [-0.15, -0.1) is 0 Å². The van der Waals surface area contributed by atoms with Crippen LogP contribution < -0.4 is 25.0 Å². The van der Waals surface area contributed by atoms with Crippen molar-refractivity contribution in [1.29, 1.82) is 0 Å². The van der Waals surface area contributed by atoms with Crippen LogP contribution in [0.5, 0.6) is 11.5 Å². The lowest BCUT2D eigenvalue weighted by Crippen LogP contribution is -2.43. The first-order valence-electron chi connectivity index (χ1n) is 18.3. The van der Waals surface area contributed by atoms with Gasteiger partial charge in [0.1, 0.15) is 5.69 Å².